The second-order valence-electron chi connectivity index (χ2n) is 4.07. The van der Waals surface area contributed by atoms with Crippen LogP contribution in [0.3, 0.4) is 0 Å². The molecule has 1 heterocycles. The van der Waals surface area contributed by atoms with Crippen molar-refractivity contribution in [2.45, 2.75) is 25.8 Å². The van der Waals surface area contributed by atoms with Crippen LogP contribution >= 0.6 is 0 Å². The third-order valence-electron chi connectivity index (χ3n) is 3.01. The van der Waals surface area contributed by atoms with E-state index in [0.29, 0.717) is 0 Å². The lowest BCUT2D eigenvalue weighted by molar-refractivity contribution is 0.410. The Morgan fingerprint density at radius 2 is 2.21 bits per heavy atom. The maximum atomic E-state index is 5.30. The van der Waals surface area contributed by atoms with Gasteiger partial charge >= 0.3 is 0 Å². The van der Waals surface area contributed by atoms with Crippen LogP contribution in [0.5, 0.6) is 5.75 Å². The molecule has 2 rings (SSSR count). The van der Waals surface area contributed by atoms with Gasteiger partial charge in [-0.1, -0.05) is 19.1 Å². The molecule has 0 radical (unpaired) electrons. The first-order valence-electron chi connectivity index (χ1n) is 5.12. The van der Waals surface area contributed by atoms with Gasteiger partial charge in [0.2, 0.25) is 0 Å². The first kappa shape index (κ1) is 9.53. The highest BCUT2D eigenvalue weighted by molar-refractivity contribution is 5.41. The molecule has 0 saturated carbocycles. The van der Waals surface area contributed by atoms with Crippen LogP contribution < -0.4 is 10.1 Å². The molecule has 1 aromatic carbocycles. The molecule has 1 fully saturated rings. The summed E-state index contributed by atoms with van der Waals surface area (Å²) in [4.78, 5) is 0. The van der Waals surface area contributed by atoms with Gasteiger partial charge in [0.25, 0.3) is 0 Å². The molecule has 1 unspecified atom stereocenters. The molecule has 1 aliphatic heterocycles. The van der Waals surface area contributed by atoms with Crippen LogP contribution in [0.2, 0.25) is 0 Å². The fraction of sp³-hybridized carbons (Fsp3) is 0.500. The summed E-state index contributed by atoms with van der Waals surface area (Å²) in [5, 5.41) is 3.38. The molecular formula is C12H17NO. The smallest absolute Gasteiger partial charge is 0.122 e. The Hall–Kier alpha value is -1.02. The average Bonchev–Trinajstić information content (AvgIpc) is 2.97. The molecule has 1 saturated heterocycles. The summed E-state index contributed by atoms with van der Waals surface area (Å²) in [7, 11) is 1.73. The Bertz CT molecular complexity index is 342. The summed E-state index contributed by atoms with van der Waals surface area (Å²) in [6, 6.07) is 6.47. The number of rotatable bonds is 3. The largest absolute Gasteiger partial charge is 0.496 e. The highest BCUT2D eigenvalue weighted by Gasteiger charge is 2.38. The minimum Gasteiger partial charge on any atom is -0.496 e. The van der Waals surface area contributed by atoms with Crippen molar-refractivity contribution in [3.8, 4) is 5.75 Å². The zero-order valence-corrected chi connectivity index (χ0v) is 9.05. The lowest BCUT2D eigenvalue weighted by Crippen LogP contribution is -2.07. The Morgan fingerprint density at radius 3 is 2.71 bits per heavy atom. The topological polar surface area (TPSA) is 31.2 Å². The number of hydrogen-bond donors (Lipinski definition) is 1. The molecule has 2 heteroatoms. The van der Waals surface area contributed by atoms with Crippen molar-refractivity contribution >= 4 is 0 Å². The van der Waals surface area contributed by atoms with Gasteiger partial charge in [0.05, 0.1) is 12.6 Å². The van der Waals surface area contributed by atoms with Crippen LogP contribution in [-0.2, 0) is 12.0 Å². The summed E-state index contributed by atoms with van der Waals surface area (Å²) >= 11 is 0. The molecule has 0 spiro atoms. The van der Waals surface area contributed by atoms with E-state index in [0.717, 1.165) is 18.7 Å². The molecule has 2 nitrogen and oxygen atoms in total. The van der Waals surface area contributed by atoms with Crippen LogP contribution in [0.1, 0.15) is 25.0 Å². The van der Waals surface area contributed by atoms with Gasteiger partial charge in [-0.15, -0.1) is 0 Å². The van der Waals surface area contributed by atoms with Crippen molar-refractivity contribution in [2.75, 3.05) is 13.7 Å². The van der Waals surface area contributed by atoms with E-state index in [1.165, 1.54) is 11.1 Å². The van der Waals surface area contributed by atoms with Gasteiger partial charge in [-0.3, -0.25) is 0 Å². The van der Waals surface area contributed by atoms with Crippen molar-refractivity contribution in [1.82, 2.24) is 5.32 Å². The van der Waals surface area contributed by atoms with E-state index in [1.54, 1.807) is 7.11 Å². The summed E-state index contributed by atoms with van der Waals surface area (Å²) in [6.07, 6.45) is 1.02. The molecule has 0 aromatic heterocycles. The maximum Gasteiger partial charge on any atom is 0.122 e. The summed E-state index contributed by atoms with van der Waals surface area (Å²) < 4.78 is 5.30. The molecule has 1 aromatic rings. The highest BCUT2D eigenvalue weighted by atomic mass is 16.5. The summed E-state index contributed by atoms with van der Waals surface area (Å²) in [6.45, 7) is 5.47. The molecular weight excluding hydrogens is 174 g/mol. The predicted octanol–water partition coefficient (Wildman–Crippen LogP) is 2.08. The SMILES string of the molecule is CCc1cc(C2(C)CN2)ccc1OC. The van der Waals surface area contributed by atoms with Crippen LogP contribution in [0, 0.1) is 0 Å². The molecule has 76 valence electrons. The molecule has 0 amide bonds. The summed E-state index contributed by atoms with van der Waals surface area (Å²) in [5.41, 5.74) is 2.88. The van der Waals surface area contributed by atoms with Crippen LogP contribution in [0.4, 0.5) is 0 Å². The zero-order chi connectivity index (χ0) is 10.2. The van der Waals surface area contributed by atoms with Crippen LogP contribution in [0.25, 0.3) is 0 Å². The van der Waals surface area contributed by atoms with Gasteiger partial charge in [0, 0.05) is 6.54 Å². The summed E-state index contributed by atoms with van der Waals surface area (Å²) in [5.74, 6) is 1.00. The van der Waals surface area contributed by atoms with Gasteiger partial charge in [-0.25, -0.2) is 0 Å². The van der Waals surface area contributed by atoms with Crippen molar-refractivity contribution in [2.24, 2.45) is 0 Å². The fourth-order valence-corrected chi connectivity index (χ4v) is 1.73. The molecule has 0 bridgehead atoms. The van der Waals surface area contributed by atoms with Crippen LogP contribution in [-0.4, -0.2) is 13.7 Å². The van der Waals surface area contributed by atoms with E-state index in [9.17, 15) is 0 Å². The fourth-order valence-electron chi connectivity index (χ4n) is 1.73. The number of benzene rings is 1. The van der Waals surface area contributed by atoms with E-state index >= 15 is 0 Å². The van der Waals surface area contributed by atoms with Crippen molar-refractivity contribution in [3.05, 3.63) is 29.3 Å². The van der Waals surface area contributed by atoms with Crippen molar-refractivity contribution in [3.63, 3.8) is 0 Å². The lowest BCUT2D eigenvalue weighted by atomic mass is 9.98. The standard InChI is InChI=1S/C12H17NO/c1-4-9-7-10(12(2)8-13-12)5-6-11(9)14-3/h5-7,13H,4,8H2,1-3H3. The van der Waals surface area contributed by atoms with Gasteiger partial charge < -0.3 is 10.1 Å². The molecule has 1 aliphatic rings. The third-order valence-corrected chi connectivity index (χ3v) is 3.01. The van der Waals surface area contributed by atoms with Crippen molar-refractivity contribution in [1.29, 1.82) is 0 Å². The Labute approximate surface area is 85.3 Å². The minimum absolute atomic E-state index is 0.218. The Kier molecular flexibility index (Phi) is 2.23. The van der Waals surface area contributed by atoms with E-state index in [4.69, 9.17) is 4.74 Å². The lowest BCUT2D eigenvalue weighted by Gasteiger charge is -2.12. The maximum absolute atomic E-state index is 5.30. The molecule has 1 N–H and O–H groups in total. The normalized spacial score (nSPS) is 24.8. The average molecular weight is 191 g/mol. The number of methoxy groups -OCH3 is 1. The van der Waals surface area contributed by atoms with Gasteiger partial charge in [-0.05, 0) is 30.5 Å². The quantitative estimate of drug-likeness (QED) is 0.742. The van der Waals surface area contributed by atoms with Gasteiger partial charge in [-0.2, -0.15) is 0 Å². The number of hydrogen-bond acceptors (Lipinski definition) is 2. The number of ether oxygens (including phenoxy) is 1. The monoisotopic (exact) mass is 191 g/mol. The van der Waals surface area contributed by atoms with E-state index in [2.05, 4.69) is 37.4 Å². The highest BCUT2D eigenvalue weighted by Crippen LogP contribution is 2.32. The number of nitrogens with one attached hydrogen (secondary N) is 1. The van der Waals surface area contributed by atoms with Crippen LogP contribution in [0.15, 0.2) is 18.2 Å². The second kappa shape index (κ2) is 3.28. The van der Waals surface area contributed by atoms with Crippen molar-refractivity contribution < 1.29 is 4.74 Å². The first-order valence-corrected chi connectivity index (χ1v) is 5.12. The number of aryl methyl sites for hydroxylation is 1. The van der Waals surface area contributed by atoms with Gasteiger partial charge in [0.15, 0.2) is 0 Å². The van der Waals surface area contributed by atoms with Gasteiger partial charge in [0.1, 0.15) is 5.75 Å². The van der Waals surface area contributed by atoms with E-state index in [-0.39, 0.29) is 5.54 Å². The van der Waals surface area contributed by atoms with E-state index < -0.39 is 0 Å². The first-order chi connectivity index (χ1) is 6.69. The third kappa shape index (κ3) is 1.50. The second-order valence-corrected chi connectivity index (χ2v) is 4.07. The molecule has 0 aliphatic carbocycles. The Morgan fingerprint density at radius 1 is 1.50 bits per heavy atom. The zero-order valence-electron chi connectivity index (χ0n) is 9.05. The minimum atomic E-state index is 0.218. The predicted molar refractivity (Wildman–Crippen MR) is 57.7 cm³/mol. The molecule has 1 atom stereocenters. The van der Waals surface area contributed by atoms with E-state index in [1.807, 2.05) is 0 Å². The Balaban J connectivity index is 2.36. The molecule has 14 heavy (non-hydrogen) atoms.